The van der Waals surface area contributed by atoms with Crippen molar-refractivity contribution in [2.45, 2.75) is 50.3 Å². The zero-order chi connectivity index (χ0) is 13.7. The molecule has 1 aromatic carbocycles. The number of rotatable bonds is 5. The Labute approximate surface area is 116 Å². The van der Waals surface area contributed by atoms with E-state index in [2.05, 4.69) is 42.6 Å². The molecule has 3 N–H and O–H groups in total. The van der Waals surface area contributed by atoms with E-state index in [1.54, 1.807) is 7.11 Å². The Morgan fingerprint density at radius 1 is 1.32 bits per heavy atom. The van der Waals surface area contributed by atoms with Crippen LogP contribution in [0.15, 0.2) is 30.3 Å². The van der Waals surface area contributed by atoms with E-state index in [0.717, 1.165) is 25.7 Å². The molecule has 0 bridgehead atoms. The van der Waals surface area contributed by atoms with Crippen LogP contribution in [-0.4, -0.2) is 25.3 Å². The van der Waals surface area contributed by atoms with E-state index in [1.807, 2.05) is 0 Å². The fourth-order valence-corrected chi connectivity index (χ4v) is 3.07. The second-order valence-electron chi connectivity index (χ2n) is 5.70. The van der Waals surface area contributed by atoms with Crippen LogP contribution in [0, 0.1) is 0 Å². The first kappa shape index (κ1) is 14.5. The van der Waals surface area contributed by atoms with Crippen molar-refractivity contribution in [3.8, 4) is 0 Å². The zero-order valence-corrected chi connectivity index (χ0v) is 12.1. The van der Waals surface area contributed by atoms with Gasteiger partial charge in [-0.15, -0.1) is 0 Å². The monoisotopic (exact) mass is 262 g/mol. The number of benzene rings is 1. The highest BCUT2D eigenvalue weighted by molar-refractivity contribution is 5.19. The van der Waals surface area contributed by atoms with E-state index in [0.29, 0.717) is 18.7 Å². The lowest BCUT2D eigenvalue weighted by atomic mass is 9.79. The lowest BCUT2D eigenvalue weighted by Crippen LogP contribution is -2.54. The molecule has 0 aliphatic heterocycles. The molecule has 3 heteroatoms. The lowest BCUT2D eigenvalue weighted by molar-refractivity contribution is 0.0406. The Bertz CT molecular complexity index is 372. The molecule has 0 amide bonds. The Balaban J connectivity index is 1.99. The third kappa shape index (κ3) is 3.56. The Kier molecular flexibility index (Phi) is 4.97. The van der Waals surface area contributed by atoms with Crippen LogP contribution >= 0.6 is 0 Å². The van der Waals surface area contributed by atoms with Gasteiger partial charge in [0.1, 0.15) is 0 Å². The molecule has 1 aromatic rings. The summed E-state index contributed by atoms with van der Waals surface area (Å²) in [6, 6.07) is 10.9. The third-order valence-electron chi connectivity index (χ3n) is 4.44. The van der Waals surface area contributed by atoms with Crippen LogP contribution in [0.5, 0.6) is 0 Å². The standard InChI is InChI=1S/C16H26N2O/c1-13(14-6-4-3-5-7-14)18-16(12-17)10-8-15(19-2)9-11-16/h3-7,13,15,18H,8-12,17H2,1-2H3. The summed E-state index contributed by atoms with van der Waals surface area (Å²) in [6.45, 7) is 2.91. The number of hydrogen-bond donors (Lipinski definition) is 2. The van der Waals surface area contributed by atoms with E-state index in [9.17, 15) is 0 Å². The third-order valence-corrected chi connectivity index (χ3v) is 4.44. The normalized spacial score (nSPS) is 29.1. The van der Waals surface area contributed by atoms with Gasteiger partial charge in [-0.3, -0.25) is 0 Å². The highest BCUT2D eigenvalue weighted by atomic mass is 16.5. The topological polar surface area (TPSA) is 47.3 Å². The van der Waals surface area contributed by atoms with Gasteiger partial charge in [-0.05, 0) is 38.2 Å². The molecular formula is C16H26N2O. The minimum Gasteiger partial charge on any atom is -0.381 e. The molecule has 19 heavy (non-hydrogen) atoms. The molecule has 106 valence electrons. The molecule has 3 nitrogen and oxygen atoms in total. The maximum atomic E-state index is 6.05. The Morgan fingerprint density at radius 2 is 1.95 bits per heavy atom. The summed E-state index contributed by atoms with van der Waals surface area (Å²) in [5.41, 5.74) is 7.45. The van der Waals surface area contributed by atoms with Crippen molar-refractivity contribution in [3.05, 3.63) is 35.9 Å². The average molecular weight is 262 g/mol. The quantitative estimate of drug-likeness (QED) is 0.857. The molecule has 1 aliphatic carbocycles. The van der Waals surface area contributed by atoms with Crippen molar-refractivity contribution < 1.29 is 4.74 Å². The highest BCUT2D eigenvalue weighted by Crippen LogP contribution is 2.31. The van der Waals surface area contributed by atoms with Crippen LogP contribution in [-0.2, 0) is 4.74 Å². The summed E-state index contributed by atoms with van der Waals surface area (Å²) in [6.07, 6.45) is 4.80. The van der Waals surface area contributed by atoms with Gasteiger partial charge in [0.2, 0.25) is 0 Å². The molecule has 2 rings (SSSR count). The molecule has 0 heterocycles. The van der Waals surface area contributed by atoms with Gasteiger partial charge in [0, 0.05) is 25.2 Å². The van der Waals surface area contributed by atoms with E-state index >= 15 is 0 Å². The fourth-order valence-electron chi connectivity index (χ4n) is 3.07. The van der Waals surface area contributed by atoms with Crippen LogP contribution < -0.4 is 11.1 Å². The van der Waals surface area contributed by atoms with Gasteiger partial charge < -0.3 is 15.8 Å². The van der Waals surface area contributed by atoms with Crippen LogP contribution in [0.25, 0.3) is 0 Å². The van der Waals surface area contributed by atoms with Gasteiger partial charge in [0.15, 0.2) is 0 Å². The predicted octanol–water partition coefficient (Wildman–Crippen LogP) is 2.62. The van der Waals surface area contributed by atoms with Crippen molar-refractivity contribution in [3.63, 3.8) is 0 Å². The van der Waals surface area contributed by atoms with Crippen molar-refractivity contribution >= 4 is 0 Å². The van der Waals surface area contributed by atoms with Gasteiger partial charge in [-0.25, -0.2) is 0 Å². The maximum Gasteiger partial charge on any atom is 0.0572 e. The van der Waals surface area contributed by atoms with Crippen LogP contribution in [0.3, 0.4) is 0 Å². The minimum absolute atomic E-state index is 0.0737. The Hall–Kier alpha value is -0.900. The molecule has 0 saturated heterocycles. The van der Waals surface area contributed by atoms with E-state index in [1.165, 1.54) is 5.56 Å². The first-order valence-corrected chi connectivity index (χ1v) is 7.24. The zero-order valence-electron chi connectivity index (χ0n) is 12.1. The highest BCUT2D eigenvalue weighted by Gasteiger charge is 2.35. The molecule has 1 fully saturated rings. The summed E-state index contributed by atoms with van der Waals surface area (Å²) in [5, 5.41) is 3.76. The number of hydrogen-bond acceptors (Lipinski definition) is 3. The number of nitrogens with two attached hydrogens (primary N) is 1. The van der Waals surface area contributed by atoms with Crippen LogP contribution in [0.1, 0.15) is 44.2 Å². The molecule has 1 atom stereocenters. The molecular weight excluding hydrogens is 236 g/mol. The van der Waals surface area contributed by atoms with Crippen molar-refractivity contribution in [1.82, 2.24) is 5.32 Å². The molecule has 0 aromatic heterocycles. The molecule has 1 saturated carbocycles. The second-order valence-corrected chi connectivity index (χ2v) is 5.70. The summed E-state index contributed by atoms with van der Waals surface area (Å²) < 4.78 is 5.45. The smallest absolute Gasteiger partial charge is 0.0572 e. The van der Waals surface area contributed by atoms with Gasteiger partial charge in [-0.1, -0.05) is 30.3 Å². The largest absolute Gasteiger partial charge is 0.381 e. The summed E-state index contributed by atoms with van der Waals surface area (Å²) in [5.74, 6) is 0. The van der Waals surface area contributed by atoms with Gasteiger partial charge in [0.05, 0.1) is 6.10 Å². The maximum absolute atomic E-state index is 6.05. The van der Waals surface area contributed by atoms with Gasteiger partial charge in [0.25, 0.3) is 0 Å². The number of nitrogens with one attached hydrogen (secondary N) is 1. The number of methoxy groups -OCH3 is 1. The first-order chi connectivity index (χ1) is 9.19. The summed E-state index contributed by atoms with van der Waals surface area (Å²) in [7, 11) is 1.81. The minimum atomic E-state index is 0.0737. The average Bonchev–Trinajstić information content (AvgIpc) is 2.49. The second kappa shape index (κ2) is 6.51. The van der Waals surface area contributed by atoms with E-state index in [4.69, 9.17) is 10.5 Å². The molecule has 1 unspecified atom stereocenters. The summed E-state index contributed by atoms with van der Waals surface area (Å²) in [4.78, 5) is 0. The van der Waals surface area contributed by atoms with Crippen molar-refractivity contribution in [2.24, 2.45) is 5.73 Å². The molecule has 0 radical (unpaired) electrons. The van der Waals surface area contributed by atoms with Crippen LogP contribution in [0.2, 0.25) is 0 Å². The van der Waals surface area contributed by atoms with E-state index < -0.39 is 0 Å². The lowest BCUT2D eigenvalue weighted by Gasteiger charge is -2.42. The number of ether oxygens (including phenoxy) is 1. The van der Waals surface area contributed by atoms with Crippen molar-refractivity contribution in [2.75, 3.05) is 13.7 Å². The van der Waals surface area contributed by atoms with Crippen LogP contribution in [0.4, 0.5) is 0 Å². The summed E-state index contributed by atoms with van der Waals surface area (Å²) >= 11 is 0. The van der Waals surface area contributed by atoms with Gasteiger partial charge >= 0.3 is 0 Å². The fraction of sp³-hybridized carbons (Fsp3) is 0.625. The predicted molar refractivity (Wildman–Crippen MR) is 79.0 cm³/mol. The first-order valence-electron chi connectivity index (χ1n) is 7.24. The van der Waals surface area contributed by atoms with Gasteiger partial charge in [-0.2, -0.15) is 0 Å². The molecule has 0 spiro atoms. The molecule has 1 aliphatic rings. The van der Waals surface area contributed by atoms with Crippen molar-refractivity contribution in [1.29, 1.82) is 0 Å². The Morgan fingerprint density at radius 3 is 2.47 bits per heavy atom. The van der Waals surface area contributed by atoms with E-state index in [-0.39, 0.29) is 5.54 Å². The SMILES string of the molecule is COC1CCC(CN)(NC(C)c2ccccc2)CC1.